The molecule has 1 heterocycles. The van der Waals surface area contributed by atoms with E-state index in [1.54, 1.807) is 49.7 Å². The minimum atomic E-state index is -0.492. The number of amides is 1. The first kappa shape index (κ1) is 30.3. The lowest BCUT2D eigenvalue weighted by Gasteiger charge is -2.14. The van der Waals surface area contributed by atoms with Gasteiger partial charge in [-0.2, -0.15) is 0 Å². The van der Waals surface area contributed by atoms with Crippen molar-refractivity contribution in [3.8, 4) is 11.5 Å². The van der Waals surface area contributed by atoms with Crippen LogP contribution < -0.4 is 21.1 Å². The summed E-state index contributed by atoms with van der Waals surface area (Å²) in [4.78, 5) is 31.8. The van der Waals surface area contributed by atoms with Gasteiger partial charge in [-0.05, 0) is 88.9 Å². The van der Waals surface area contributed by atoms with Crippen molar-refractivity contribution >= 4 is 29.3 Å². The van der Waals surface area contributed by atoms with Gasteiger partial charge in [-0.25, -0.2) is 4.39 Å². The van der Waals surface area contributed by atoms with Crippen LogP contribution in [0.2, 0.25) is 0 Å². The maximum absolute atomic E-state index is 14.3. The number of halogens is 1. The fourth-order valence-electron chi connectivity index (χ4n) is 3.66. The van der Waals surface area contributed by atoms with Gasteiger partial charge in [-0.1, -0.05) is 0 Å². The maximum Gasteiger partial charge on any atom is 0.251 e. The first-order valence-corrected chi connectivity index (χ1v) is 13.1. The number of carbonyl (C=O) groups excluding carboxylic acids is 2. The van der Waals surface area contributed by atoms with E-state index in [0.29, 0.717) is 45.4 Å². The van der Waals surface area contributed by atoms with Crippen molar-refractivity contribution in [1.29, 1.82) is 0 Å². The maximum atomic E-state index is 14.3. The summed E-state index contributed by atoms with van der Waals surface area (Å²) in [6.07, 6.45) is 7.48. The van der Waals surface area contributed by atoms with Crippen molar-refractivity contribution in [3.63, 3.8) is 0 Å². The lowest BCUT2D eigenvalue weighted by molar-refractivity contribution is -0.107. The molecule has 0 atom stereocenters. The largest absolute Gasteiger partial charge is 0.456 e. The minimum absolute atomic E-state index is 0.0164. The molecular weight excluding hydrogens is 509 g/mol. The molecule has 0 radical (unpaired) electrons. The first-order chi connectivity index (χ1) is 18.9. The Kier molecular flexibility index (Phi) is 9.63. The fourth-order valence-corrected chi connectivity index (χ4v) is 3.66. The Morgan fingerprint density at radius 3 is 2.52 bits per heavy atom. The molecule has 2 aromatic carbocycles. The quantitative estimate of drug-likeness (QED) is 0.258. The number of pyridine rings is 1. The van der Waals surface area contributed by atoms with Crippen LogP contribution in [0, 0.1) is 12.7 Å². The Bertz CT molecular complexity index is 1440. The molecule has 1 aliphatic carbocycles. The van der Waals surface area contributed by atoms with Crippen LogP contribution in [0.25, 0.3) is 10.9 Å². The molecule has 0 spiro atoms. The average Bonchev–Trinajstić information content (AvgIpc) is 3.63. The van der Waals surface area contributed by atoms with E-state index in [4.69, 9.17) is 10.5 Å². The van der Waals surface area contributed by atoms with Gasteiger partial charge in [0.15, 0.2) is 0 Å². The molecule has 0 saturated heterocycles. The van der Waals surface area contributed by atoms with Crippen LogP contribution in [0.1, 0.15) is 62.0 Å². The molecule has 3 aromatic rings. The highest BCUT2D eigenvalue weighted by Gasteiger charge is 2.38. The SMILES string of the molecule is CN/C(C=NC(C)(C)C)=C/N.Cc1cc(CC=O)c(F)cc1Oc1ccnc2ccc(C(=O)NC3(C)CC3)cc12. The Labute approximate surface area is 234 Å². The number of aliphatic imine (C=N–C) groups is 1. The summed E-state index contributed by atoms with van der Waals surface area (Å²) >= 11 is 0. The molecule has 212 valence electrons. The van der Waals surface area contributed by atoms with Gasteiger partial charge in [0.1, 0.15) is 23.6 Å². The molecule has 9 heteroatoms. The zero-order valence-electron chi connectivity index (χ0n) is 24.0. The third kappa shape index (κ3) is 8.36. The number of aryl methyl sites for hydroxylation is 1. The summed E-state index contributed by atoms with van der Waals surface area (Å²) in [6.45, 7) is 9.92. The van der Waals surface area contributed by atoms with Crippen molar-refractivity contribution in [2.75, 3.05) is 7.05 Å². The third-order valence-corrected chi connectivity index (χ3v) is 6.31. The Morgan fingerprint density at radius 1 is 1.20 bits per heavy atom. The van der Waals surface area contributed by atoms with Crippen molar-refractivity contribution in [2.24, 2.45) is 10.7 Å². The summed E-state index contributed by atoms with van der Waals surface area (Å²) in [5, 5.41) is 6.61. The fraction of sp³-hybridized carbons (Fsp3) is 0.355. The number of fused-ring (bicyclic) bond motifs is 1. The van der Waals surface area contributed by atoms with E-state index in [1.165, 1.54) is 12.3 Å². The predicted octanol–water partition coefficient (Wildman–Crippen LogP) is 5.37. The number of allylic oxidation sites excluding steroid dienone is 1. The van der Waals surface area contributed by atoms with E-state index in [2.05, 4.69) is 20.6 Å². The molecule has 1 aliphatic rings. The van der Waals surface area contributed by atoms with Crippen molar-refractivity contribution < 1.29 is 18.7 Å². The highest BCUT2D eigenvalue weighted by molar-refractivity contribution is 5.99. The number of nitrogens with one attached hydrogen (secondary N) is 2. The van der Waals surface area contributed by atoms with Crippen LogP contribution in [-0.2, 0) is 11.2 Å². The molecule has 0 aliphatic heterocycles. The summed E-state index contributed by atoms with van der Waals surface area (Å²) in [5.41, 5.74) is 8.22. The van der Waals surface area contributed by atoms with E-state index in [-0.39, 0.29) is 23.4 Å². The zero-order chi connectivity index (χ0) is 29.5. The Morgan fingerprint density at radius 2 is 1.93 bits per heavy atom. The number of carbonyl (C=O) groups is 2. The number of hydrogen-bond acceptors (Lipinski definition) is 7. The highest BCUT2D eigenvalue weighted by atomic mass is 19.1. The van der Waals surface area contributed by atoms with Crippen LogP contribution in [0.15, 0.2) is 59.5 Å². The average molecular weight is 548 g/mol. The second-order valence-electron chi connectivity index (χ2n) is 11.0. The number of aromatic nitrogens is 1. The van der Waals surface area contributed by atoms with Gasteiger partial charge >= 0.3 is 0 Å². The molecule has 40 heavy (non-hydrogen) atoms. The molecule has 8 nitrogen and oxygen atoms in total. The van der Waals surface area contributed by atoms with Gasteiger partial charge in [-0.3, -0.25) is 14.8 Å². The lowest BCUT2D eigenvalue weighted by Crippen LogP contribution is -2.34. The summed E-state index contributed by atoms with van der Waals surface area (Å²) < 4.78 is 20.2. The molecule has 1 amide bonds. The molecule has 4 rings (SSSR count). The number of rotatable bonds is 8. The number of ether oxygens (including phenoxy) is 1. The molecule has 1 aromatic heterocycles. The first-order valence-electron chi connectivity index (χ1n) is 13.1. The topological polar surface area (TPSA) is 119 Å². The standard InChI is InChI=1S/C23H21FN2O3.C8H17N3/c1-14-11-15(6-10-27)18(24)13-21(14)29-20-5-9-25-19-4-3-16(12-17(19)20)22(28)26-23(2)7-8-23;1-8(2,3)11-6-7(5-9)10-4/h3-5,9-13H,6-8H2,1-2H3,(H,26,28);5-6,10H,9H2,1-4H3/b;7-5+,11-6?. The molecule has 0 unspecified atom stereocenters. The van der Waals surface area contributed by atoms with Crippen LogP contribution in [0.4, 0.5) is 4.39 Å². The number of nitrogens with zero attached hydrogens (tertiary/aromatic N) is 2. The van der Waals surface area contributed by atoms with E-state index in [0.717, 1.165) is 18.5 Å². The van der Waals surface area contributed by atoms with Gasteiger partial charge in [0, 0.05) is 54.6 Å². The second-order valence-corrected chi connectivity index (χ2v) is 11.0. The van der Waals surface area contributed by atoms with E-state index in [1.807, 2.05) is 34.7 Å². The summed E-state index contributed by atoms with van der Waals surface area (Å²) in [6, 6.07) is 9.82. The number of nitrogens with two attached hydrogens (primary N) is 1. The Hall–Kier alpha value is -4.27. The minimum Gasteiger partial charge on any atom is -0.456 e. The van der Waals surface area contributed by atoms with Crippen LogP contribution in [0.5, 0.6) is 11.5 Å². The summed E-state index contributed by atoms with van der Waals surface area (Å²) in [7, 11) is 1.81. The molecule has 0 bridgehead atoms. The van der Waals surface area contributed by atoms with E-state index in [9.17, 15) is 14.0 Å². The van der Waals surface area contributed by atoms with E-state index >= 15 is 0 Å². The zero-order valence-corrected chi connectivity index (χ0v) is 24.0. The van der Waals surface area contributed by atoms with Gasteiger partial charge in [0.05, 0.1) is 16.8 Å². The normalized spacial score (nSPS) is 14.3. The van der Waals surface area contributed by atoms with Gasteiger partial charge in [-0.15, -0.1) is 0 Å². The lowest BCUT2D eigenvalue weighted by atomic mass is 10.1. The molecule has 4 N–H and O–H groups in total. The van der Waals surface area contributed by atoms with Gasteiger partial charge < -0.3 is 25.9 Å². The molecular formula is C31H38FN5O3. The number of benzene rings is 2. The smallest absolute Gasteiger partial charge is 0.251 e. The number of aldehydes is 1. The van der Waals surface area contributed by atoms with E-state index < -0.39 is 5.82 Å². The highest BCUT2D eigenvalue weighted by Crippen LogP contribution is 2.35. The van der Waals surface area contributed by atoms with Crippen LogP contribution in [-0.4, -0.2) is 41.5 Å². The van der Waals surface area contributed by atoms with Crippen molar-refractivity contribution in [1.82, 2.24) is 15.6 Å². The summed E-state index contributed by atoms with van der Waals surface area (Å²) in [5.74, 6) is 0.203. The van der Waals surface area contributed by atoms with Gasteiger partial charge in [0.25, 0.3) is 5.91 Å². The second kappa shape index (κ2) is 12.7. The third-order valence-electron chi connectivity index (χ3n) is 6.31. The molecule has 1 fully saturated rings. The van der Waals surface area contributed by atoms with Crippen molar-refractivity contribution in [3.05, 3.63) is 77.0 Å². The Balaban J connectivity index is 0.000000342. The monoisotopic (exact) mass is 547 g/mol. The van der Waals surface area contributed by atoms with Crippen LogP contribution >= 0.6 is 0 Å². The van der Waals surface area contributed by atoms with Crippen molar-refractivity contribution in [2.45, 2.75) is 65.0 Å². The molecule has 1 saturated carbocycles. The number of hydrogen-bond donors (Lipinski definition) is 3. The van der Waals surface area contributed by atoms with Gasteiger partial charge in [0.2, 0.25) is 0 Å². The predicted molar refractivity (Wildman–Crippen MR) is 157 cm³/mol. The van der Waals surface area contributed by atoms with Crippen LogP contribution in [0.3, 0.4) is 0 Å².